The molecule has 0 unspecified atom stereocenters. The monoisotopic (exact) mass is 485 g/mol. The number of nitrogens with zero attached hydrogens (tertiary/aromatic N) is 1. The Balaban J connectivity index is 1.58. The van der Waals surface area contributed by atoms with E-state index in [0.717, 1.165) is 5.69 Å². The van der Waals surface area contributed by atoms with E-state index in [9.17, 15) is 0 Å². The summed E-state index contributed by atoms with van der Waals surface area (Å²) in [6.45, 7) is 0. The standard InChI is InChI=1S/C37H27N/c1-4-15-28(16-5-1)37(29-17-6-2-7-18-29,30-19-8-3-9-20-30)31-21-14-22-32(27-31)38-35-25-12-10-23-33(35)34-24-11-13-26-36(34)38/h1-27H. The zero-order chi connectivity index (χ0) is 25.4. The van der Waals surface area contributed by atoms with Gasteiger partial charge in [0.05, 0.1) is 16.4 Å². The Hall–Kier alpha value is -4.88. The number of benzene rings is 6. The van der Waals surface area contributed by atoms with E-state index >= 15 is 0 Å². The predicted octanol–water partition coefficient (Wildman–Crippen LogP) is 9.17. The van der Waals surface area contributed by atoms with E-state index in [1.54, 1.807) is 0 Å². The SMILES string of the molecule is c1ccc(C(c2ccccc2)(c2ccccc2)c2cccc(-n3c4ccccc4c4ccccc43)c2)cc1. The fourth-order valence-electron chi connectivity index (χ4n) is 6.14. The minimum absolute atomic E-state index is 0.474. The van der Waals surface area contributed by atoms with Gasteiger partial charge < -0.3 is 4.57 Å². The first kappa shape index (κ1) is 22.3. The second-order valence-electron chi connectivity index (χ2n) is 9.77. The van der Waals surface area contributed by atoms with Crippen molar-refractivity contribution in [3.05, 3.63) is 186 Å². The molecule has 0 saturated carbocycles. The minimum atomic E-state index is -0.474. The van der Waals surface area contributed by atoms with Crippen molar-refractivity contribution in [2.45, 2.75) is 5.41 Å². The normalized spacial score (nSPS) is 11.7. The van der Waals surface area contributed by atoms with Crippen molar-refractivity contribution >= 4 is 21.8 Å². The molecule has 1 heterocycles. The third kappa shape index (κ3) is 3.40. The number of para-hydroxylation sites is 2. The van der Waals surface area contributed by atoms with Crippen molar-refractivity contribution in [1.29, 1.82) is 0 Å². The van der Waals surface area contributed by atoms with Crippen LogP contribution in [-0.2, 0) is 5.41 Å². The predicted molar refractivity (Wildman–Crippen MR) is 159 cm³/mol. The van der Waals surface area contributed by atoms with Gasteiger partial charge in [0.25, 0.3) is 0 Å². The van der Waals surface area contributed by atoms with Crippen LogP contribution in [0.5, 0.6) is 0 Å². The highest BCUT2D eigenvalue weighted by atomic mass is 15.0. The summed E-state index contributed by atoms with van der Waals surface area (Å²) in [4.78, 5) is 0. The molecule has 6 aromatic carbocycles. The molecule has 7 rings (SSSR count). The molecule has 0 radical (unpaired) electrons. The lowest BCUT2D eigenvalue weighted by Gasteiger charge is -2.37. The van der Waals surface area contributed by atoms with Crippen LogP contribution in [0.3, 0.4) is 0 Å². The number of hydrogen-bond donors (Lipinski definition) is 0. The largest absolute Gasteiger partial charge is 0.309 e. The molecule has 0 aliphatic heterocycles. The zero-order valence-corrected chi connectivity index (χ0v) is 21.0. The summed E-state index contributed by atoms with van der Waals surface area (Å²) < 4.78 is 2.40. The van der Waals surface area contributed by atoms with E-state index in [1.807, 2.05) is 0 Å². The first-order chi connectivity index (χ1) is 18.9. The summed E-state index contributed by atoms with van der Waals surface area (Å²) in [5, 5.41) is 2.54. The van der Waals surface area contributed by atoms with Gasteiger partial charge in [-0.1, -0.05) is 140 Å². The Bertz CT molecular complexity index is 1700. The van der Waals surface area contributed by atoms with Gasteiger partial charge in [-0.05, 0) is 46.5 Å². The molecule has 7 aromatic rings. The van der Waals surface area contributed by atoms with Crippen LogP contribution in [0.1, 0.15) is 22.3 Å². The first-order valence-corrected chi connectivity index (χ1v) is 13.1. The summed E-state index contributed by atoms with van der Waals surface area (Å²) in [6, 6.07) is 59.2. The highest BCUT2D eigenvalue weighted by Crippen LogP contribution is 2.45. The van der Waals surface area contributed by atoms with Gasteiger partial charge in [0.2, 0.25) is 0 Å². The minimum Gasteiger partial charge on any atom is -0.309 e. The lowest BCUT2D eigenvalue weighted by atomic mass is 9.65. The summed E-state index contributed by atoms with van der Waals surface area (Å²) >= 11 is 0. The van der Waals surface area contributed by atoms with Crippen LogP contribution in [0.15, 0.2) is 164 Å². The van der Waals surface area contributed by atoms with Gasteiger partial charge in [-0.25, -0.2) is 0 Å². The summed E-state index contributed by atoms with van der Waals surface area (Å²) in [6.07, 6.45) is 0. The lowest BCUT2D eigenvalue weighted by Crippen LogP contribution is -2.31. The molecule has 0 amide bonds. The molecule has 0 aliphatic carbocycles. The second kappa shape index (κ2) is 9.21. The van der Waals surface area contributed by atoms with Gasteiger partial charge in [-0.3, -0.25) is 0 Å². The zero-order valence-electron chi connectivity index (χ0n) is 21.0. The van der Waals surface area contributed by atoms with Gasteiger partial charge in [-0.15, -0.1) is 0 Å². The number of hydrogen-bond acceptors (Lipinski definition) is 0. The lowest BCUT2D eigenvalue weighted by molar-refractivity contribution is 0.744. The molecule has 0 atom stereocenters. The number of aromatic nitrogens is 1. The molecule has 38 heavy (non-hydrogen) atoms. The third-order valence-electron chi connectivity index (χ3n) is 7.74. The molecule has 0 N–H and O–H groups in total. The van der Waals surface area contributed by atoms with Crippen LogP contribution < -0.4 is 0 Å². The molecular weight excluding hydrogens is 458 g/mol. The van der Waals surface area contributed by atoms with Crippen LogP contribution >= 0.6 is 0 Å². The molecule has 0 bridgehead atoms. The van der Waals surface area contributed by atoms with E-state index in [4.69, 9.17) is 0 Å². The van der Waals surface area contributed by atoms with Crippen LogP contribution in [0.2, 0.25) is 0 Å². The van der Waals surface area contributed by atoms with Gasteiger partial charge in [0, 0.05) is 16.5 Å². The average Bonchev–Trinajstić information content (AvgIpc) is 3.34. The second-order valence-corrected chi connectivity index (χ2v) is 9.77. The van der Waals surface area contributed by atoms with Crippen molar-refractivity contribution < 1.29 is 0 Å². The Morgan fingerprint density at radius 2 is 0.737 bits per heavy atom. The van der Waals surface area contributed by atoms with E-state index in [-0.39, 0.29) is 0 Å². The molecule has 1 nitrogen and oxygen atoms in total. The van der Waals surface area contributed by atoms with E-state index < -0.39 is 5.41 Å². The first-order valence-electron chi connectivity index (χ1n) is 13.1. The summed E-state index contributed by atoms with van der Waals surface area (Å²) in [5.74, 6) is 0. The van der Waals surface area contributed by atoms with Gasteiger partial charge in [0.15, 0.2) is 0 Å². The van der Waals surface area contributed by atoms with Gasteiger partial charge >= 0.3 is 0 Å². The quantitative estimate of drug-likeness (QED) is 0.214. The van der Waals surface area contributed by atoms with Crippen molar-refractivity contribution in [3.8, 4) is 5.69 Å². The number of rotatable bonds is 5. The van der Waals surface area contributed by atoms with Gasteiger partial charge in [0.1, 0.15) is 0 Å². The fourth-order valence-corrected chi connectivity index (χ4v) is 6.14. The maximum Gasteiger partial charge on any atom is 0.0702 e. The average molecular weight is 486 g/mol. The highest BCUT2D eigenvalue weighted by molar-refractivity contribution is 6.09. The van der Waals surface area contributed by atoms with Crippen molar-refractivity contribution in [2.75, 3.05) is 0 Å². The molecule has 0 spiro atoms. The van der Waals surface area contributed by atoms with E-state index in [2.05, 4.69) is 168 Å². The molecule has 180 valence electrons. The molecule has 0 aliphatic rings. The summed E-state index contributed by atoms with van der Waals surface area (Å²) in [7, 11) is 0. The molecular formula is C37H27N. The van der Waals surface area contributed by atoms with Crippen molar-refractivity contribution in [1.82, 2.24) is 4.57 Å². The van der Waals surface area contributed by atoms with Crippen LogP contribution in [0.25, 0.3) is 27.5 Å². The van der Waals surface area contributed by atoms with Crippen molar-refractivity contribution in [2.24, 2.45) is 0 Å². The molecule has 1 heteroatoms. The topological polar surface area (TPSA) is 4.93 Å². The maximum atomic E-state index is 2.40. The van der Waals surface area contributed by atoms with E-state index in [1.165, 1.54) is 44.1 Å². The summed E-state index contributed by atoms with van der Waals surface area (Å²) in [5.41, 5.74) is 8.10. The van der Waals surface area contributed by atoms with Crippen LogP contribution in [-0.4, -0.2) is 4.57 Å². The maximum absolute atomic E-state index is 2.40. The number of fused-ring (bicyclic) bond motifs is 3. The third-order valence-corrected chi connectivity index (χ3v) is 7.74. The van der Waals surface area contributed by atoms with Gasteiger partial charge in [-0.2, -0.15) is 0 Å². The highest BCUT2D eigenvalue weighted by Gasteiger charge is 2.38. The molecule has 0 fully saturated rings. The Kier molecular flexibility index (Phi) is 5.41. The van der Waals surface area contributed by atoms with Crippen LogP contribution in [0.4, 0.5) is 0 Å². The Morgan fingerprint density at radius 1 is 0.342 bits per heavy atom. The Labute approximate surface area is 223 Å². The Morgan fingerprint density at radius 3 is 1.21 bits per heavy atom. The molecule has 1 aromatic heterocycles. The van der Waals surface area contributed by atoms with Crippen LogP contribution in [0, 0.1) is 0 Å². The fraction of sp³-hybridized carbons (Fsp3) is 0.0270. The van der Waals surface area contributed by atoms with Crippen molar-refractivity contribution in [3.63, 3.8) is 0 Å². The molecule has 0 saturated heterocycles. The van der Waals surface area contributed by atoms with E-state index in [0.29, 0.717) is 0 Å². The smallest absolute Gasteiger partial charge is 0.0702 e.